The molecule has 0 amide bonds. The van der Waals surface area contributed by atoms with Crippen molar-refractivity contribution in [3.8, 4) is 0 Å². The van der Waals surface area contributed by atoms with Crippen LogP contribution in [-0.2, 0) is 11.2 Å². The van der Waals surface area contributed by atoms with Crippen molar-refractivity contribution in [3.63, 3.8) is 0 Å². The van der Waals surface area contributed by atoms with Gasteiger partial charge in [-0.15, -0.1) is 0 Å². The fraction of sp³-hybridized carbons (Fsp3) is 0.500. The van der Waals surface area contributed by atoms with Gasteiger partial charge in [0.1, 0.15) is 0 Å². The molecule has 1 heterocycles. The highest BCUT2D eigenvalue weighted by Gasteiger charge is 2.24. The first kappa shape index (κ1) is 12.2. The lowest BCUT2D eigenvalue weighted by atomic mass is 9.91. The zero-order valence-corrected chi connectivity index (χ0v) is 10.3. The zero-order valence-electron chi connectivity index (χ0n) is 8.83. The van der Waals surface area contributed by atoms with Gasteiger partial charge in [-0.05, 0) is 30.5 Å². The standard InChI is InChI=1S/C12H14Cl2O2/c13-10-2-1-8(11(14)6-10)5-9-7-16-4-3-12(9)15/h1-2,6,9,12,15H,3-5,7H2/t9-,12-/m1/s1. The van der Waals surface area contributed by atoms with Crippen molar-refractivity contribution < 1.29 is 9.84 Å². The van der Waals surface area contributed by atoms with Crippen LogP contribution in [0.1, 0.15) is 12.0 Å². The summed E-state index contributed by atoms with van der Waals surface area (Å²) < 4.78 is 5.36. The quantitative estimate of drug-likeness (QED) is 0.886. The van der Waals surface area contributed by atoms with E-state index in [-0.39, 0.29) is 12.0 Å². The van der Waals surface area contributed by atoms with Crippen LogP contribution in [0.15, 0.2) is 18.2 Å². The molecular weight excluding hydrogens is 247 g/mol. The minimum atomic E-state index is -0.291. The van der Waals surface area contributed by atoms with Crippen LogP contribution < -0.4 is 0 Å². The fourth-order valence-corrected chi connectivity index (χ4v) is 2.44. The second kappa shape index (κ2) is 5.37. The normalized spacial score (nSPS) is 25.7. The minimum Gasteiger partial charge on any atom is -0.393 e. The van der Waals surface area contributed by atoms with Gasteiger partial charge in [0.05, 0.1) is 12.7 Å². The molecule has 16 heavy (non-hydrogen) atoms. The molecule has 88 valence electrons. The third kappa shape index (κ3) is 2.89. The second-order valence-electron chi connectivity index (χ2n) is 4.13. The van der Waals surface area contributed by atoms with Crippen LogP contribution >= 0.6 is 23.2 Å². The van der Waals surface area contributed by atoms with Crippen molar-refractivity contribution in [2.45, 2.75) is 18.9 Å². The topological polar surface area (TPSA) is 29.5 Å². The molecule has 0 unspecified atom stereocenters. The summed E-state index contributed by atoms with van der Waals surface area (Å²) in [6.07, 6.45) is 1.15. The van der Waals surface area contributed by atoms with Crippen molar-refractivity contribution >= 4 is 23.2 Å². The van der Waals surface area contributed by atoms with E-state index in [1.54, 1.807) is 6.07 Å². The summed E-state index contributed by atoms with van der Waals surface area (Å²) in [6.45, 7) is 1.24. The molecule has 2 nitrogen and oxygen atoms in total. The van der Waals surface area contributed by atoms with Gasteiger partial charge in [0, 0.05) is 22.6 Å². The van der Waals surface area contributed by atoms with Crippen LogP contribution in [0.3, 0.4) is 0 Å². The van der Waals surface area contributed by atoms with E-state index in [2.05, 4.69) is 0 Å². The summed E-state index contributed by atoms with van der Waals surface area (Å²) in [5.74, 6) is 0.132. The first-order valence-electron chi connectivity index (χ1n) is 5.36. The van der Waals surface area contributed by atoms with Crippen molar-refractivity contribution in [2.75, 3.05) is 13.2 Å². The number of benzene rings is 1. The maximum Gasteiger partial charge on any atom is 0.0615 e. The smallest absolute Gasteiger partial charge is 0.0615 e. The molecule has 2 atom stereocenters. The zero-order chi connectivity index (χ0) is 11.5. The molecule has 0 bridgehead atoms. The average Bonchev–Trinajstić information content (AvgIpc) is 2.25. The molecule has 1 saturated heterocycles. The van der Waals surface area contributed by atoms with Gasteiger partial charge in [0.2, 0.25) is 0 Å². The van der Waals surface area contributed by atoms with Crippen LogP contribution in [-0.4, -0.2) is 24.4 Å². The maximum atomic E-state index is 9.83. The van der Waals surface area contributed by atoms with Crippen molar-refractivity contribution in [2.24, 2.45) is 5.92 Å². The van der Waals surface area contributed by atoms with Gasteiger partial charge in [-0.25, -0.2) is 0 Å². The van der Waals surface area contributed by atoms with Crippen molar-refractivity contribution in [3.05, 3.63) is 33.8 Å². The first-order valence-corrected chi connectivity index (χ1v) is 6.12. The molecule has 0 aliphatic carbocycles. The second-order valence-corrected chi connectivity index (χ2v) is 4.97. The van der Waals surface area contributed by atoms with Gasteiger partial charge in [0.15, 0.2) is 0 Å². The van der Waals surface area contributed by atoms with Crippen LogP contribution in [0.25, 0.3) is 0 Å². The third-order valence-electron chi connectivity index (χ3n) is 2.93. The van der Waals surface area contributed by atoms with E-state index in [1.807, 2.05) is 12.1 Å². The number of rotatable bonds is 2. The van der Waals surface area contributed by atoms with Crippen LogP contribution in [0.4, 0.5) is 0 Å². The highest BCUT2D eigenvalue weighted by Crippen LogP contribution is 2.26. The van der Waals surface area contributed by atoms with Gasteiger partial charge in [-0.3, -0.25) is 0 Å². The Balaban J connectivity index is 2.07. The predicted octanol–water partition coefficient (Wildman–Crippen LogP) is 2.93. The van der Waals surface area contributed by atoms with Gasteiger partial charge >= 0.3 is 0 Å². The van der Waals surface area contributed by atoms with Gasteiger partial charge in [-0.2, -0.15) is 0 Å². The third-order valence-corrected chi connectivity index (χ3v) is 3.52. The lowest BCUT2D eigenvalue weighted by molar-refractivity contribution is -0.0350. The fourth-order valence-electron chi connectivity index (χ4n) is 1.95. The van der Waals surface area contributed by atoms with E-state index in [9.17, 15) is 5.11 Å². The van der Waals surface area contributed by atoms with Crippen LogP contribution in [0.5, 0.6) is 0 Å². The molecular formula is C12H14Cl2O2. The van der Waals surface area contributed by atoms with Gasteiger partial charge in [-0.1, -0.05) is 29.3 Å². The summed E-state index contributed by atoms with van der Waals surface area (Å²) in [5, 5.41) is 11.1. The SMILES string of the molecule is O[C@@H]1CCOC[C@H]1Cc1ccc(Cl)cc1Cl. The Kier molecular flexibility index (Phi) is 4.09. The van der Waals surface area contributed by atoms with Crippen molar-refractivity contribution in [1.29, 1.82) is 0 Å². The van der Waals surface area contributed by atoms with E-state index in [1.165, 1.54) is 0 Å². The number of halogens is 2. The summed E-state index contributed by atoms with van der Waals surface area (Å²) in [6, 6.07) is 5.46. The summed E-state index contributed by atoms with van der Waals surface area (Å²) in [5.41, 5.74) is 1.01. The van der Waals surface area contributed by atoms with Crippen LogP contribution in [0.2, 0.25) is 10.0 Å². The molecule has 2 rings (SSSR count). The Morgan fingerprint density at radius 3 is 2.88 bits per heavy atom. The molecule has 0 aromatic heterocycles. The largest absolute Gasteiger partial charge is 0.393 e. The monoisotopic (exact) mass is 260 g/mol. The predicted molar refractivity (Wildman–Crippen MR) is 65.1 cm³/mol. The lowest BCUT2D eigenvalue weighted by Gasteiger charge is -2.28. The molecule has 1 N–H and O–H groups in total. The molecule has 0 saturated carbocycles. The van der Waals surface area contributed by atoms with E-state index < -0.39 is 0 Å². The Hall–Kier alpha value is -0.280. The minimum absolute atomic E-state index is 0.132. The van der Waals surface area contributed by atoms with E-state index in [0.29, 0.717) is 29.7 Å². The summed E-state index contributed by atoms with van der Waals surface area (Å²) in [4.78, 5) is 0. The van der Waals surface area contributed by atoms with Crippen LogP contribution in [0, 0.1) is 5.92 Å². The average molecular weight is 261 g/mol. The highest BCUT2D eigenvalue weighted by atomic mass is 35.5. The lowest BCUT2D eigenvalue weighted by Crippen LogP contribution is -2.33. The molecule has 0 spiro atoms. The number of hydrogen-bond acceptors (Lipinski definition) is 2. The molecule has 0 radical (unpaired) electrons. The Morgan fingerprint density at radius 1 is 1.38 bits per heavy atom. The maximum absolute atomic E-state index is 9.83. The summed E-state index contributed by atoms with van der Waals surface area (Å²) >= 11 is 11.9. The number of aliphatic hydroxyl groups excluding tert-OH is 1. The number of hydrogen-bond donors (Lipinski definition) is 1. The highest BCUT2D eigenvalue weighted by molar-refractivity contribution is 6.35. The number of ether oxygens (including phenoxy) is 1. The first-order chi connectivity index (χ1) is 7.66. The Labute approximate surface area is 105 Å². The molecule has 1 aliphatic rings. The Morgan fingerprint density at radius 2 is 2.19 bits per heavy atom. The number of aliphatic hydroxyl groups is 1. The van der Waals surface area contributed by atoms with E-state index in [4.69, 9.17) is 27.9 Å². The summed E-state index contributed by atoms with van der Waals surface area (Å²) in [7, 11) is 0. The van der Waals surface area contributed by atoms with Gasteiger partial charge < -0.3 is 9.84 Å². The molecule has 4 heteroatoms. The Bertz CT molecular complexity index is 368. The molecule has 1 aliphatic heterocycles. The molecule has 1 fully saturated rings. The van der Waals surface area contributed by atoms with E-state index >= 15 is 0 Å². The molecule has 1 aromatic carbocycles. The molecule has 1 aromatic rings. The van der Waals surface area contributed by atoms with Crippen molar-refractivity contribution in [1.82, 2.24) is 0 Å². The van der Waals surface area contributed by atoms with E-state index in [0.717, 1.165) is 12.0 Å². The van der Waals surface area contributed by atoms with Gasteiger partial charge in [0.25, 0.3) is 0 Å².